The van der Waals surface area contributed by atoms with Crippen molar-refractivity contribution in [3.05, 3.63) is 70.1 Å². The van der Waals surface area contributed by atoms with Crippen molar-refractivity contribution in [3.63, 3.8) is 0 Å². The number of allylic oxidation sites excluding steroid dienone is 3. The van der Waals surface area contributed by atoms with Crippen LogP contribution in [-0.2, 0) is 14.3 Å². The van der Waals surface area contributed by atoms with Gasteiger partial charge in [0, 0.05) is 29.3 Å². The summed E-state index contributed by atoms with van der Waals surface area (Å²) in [6.07, 6.45) is 4.67. The second-order valence-electron chi connectivity index (χ2n) is 10.6. The maximum atomic E-state index is 14.0. The average Bonchev–Trinajstić information content (AvgIpc) is 3.48. The molecule has 212 valence electrons. The highest BCUT2D eigenvalue weighted by molar-refractivity contribution is 6.04. The van der Waals surface area contributed by atoms with Crippen molar-refractivity contribution in [1.29, 1.82) is 0 Å². The molecule has 3 aliphatic rings. The fraction of sp³-hybridized carbons (Fsp3) is 0.438. The molecule has 2 aromatic rings. The lowest BCUT2D eigenvalue weighted by Gasteiger charge is -2.37. The quantitative estimate of drug-likeness (QED) is 0.429. The van der Waals surface area contributed by atoms with Gasteiger partial charge in [0.1, 0.15) is 6.10 Å². The van der Waals surface area contributed by atoms with Crippen LogP contribution in [0.15, 0.2) is 58.9 Å². The van der Waals surface area contributed by atoms with Crippen molar-refractivity contribution < 1.29 is 33.3 Å². The van der Waals surface area contributed by atoms with Crippen LogP contribution in [0.25, 0.3) is 0 Å². The monoisotopic (exact) mass is 547 g/mol. The van der Waals surface area contributed by atoms with Crippen LogP contribution in [0.5, 0.6) is 23.0 Å². The molecule has 1 N–H and O–H groups in total. The molecule has 1 fully saturated rings. The van der Waals surface area contributed by atoms with E-state index in [1.165, 1.54) is 0 Å². The second-order valence-corrected chi connectivity index (χ2v) is 10.6. The first kappa shape index (κ1) is 27.6. The molecule has 1 heterocycles. The van der Waals surface area contributed by atoms with E-state index in [1.807, 2.05) is 43.3 Å². The maximum Gasteiger partial charge on any atom is 0.337 e. The Hall–Kier alpha value is -3.94. The largest absolute Gasteiger partial charge is 0.493 e. The Labute approximate surface area is 235 Å². The van der Waals surface area contributed by atoms with E-state index in [0.29, 0.717) is 52.7 Å². The van der Waals surface area contributed by atoms with Gasteiger partial charge < -0.3 is 29.0 Å². The first-order chi connectivity index (χ1) is 19.4. The van der Waals surface area contributed by atoms with Gasteiger partial charge in [0.2, 0.25) is 0 Å². The maximum absolute atomic E-state index is 14.0. The molecule has 8 heteroatoms. The molecule has 2 atom stereocenters. The van der Waals surface area contributed by atoms with Gasteiger partial charge in [-0.1, -0.05) is 12.1 Å². The van der Waals surface area contributed by atoms with Crippen LogP contribution >= 0.6 is 0 Å². The van der Waals surface area contributed by atoms with Crippen LogP contribution in [0.3, 0.4) is 0 Å². The number of carbonyl (C=O) groups excluding carboxylic acids is 2. The predicted octanol–water partition coefficient (Wildman–Crippen LogP) is 5.57. The number of rotatable bonds is 8. The van der Waals surface area contributed by atoms with Crippen LogP contribution in [0, 0.1) is 0 Å². The van der Waals surface area contributed by atoms with E-state index in [4.69, 9.17) is 23.7 Å². The third-order valence-corrected chi connectivity index (χ3v) is 8.24. The van der Waals surface area contributed by atoms with Gasteiger partial charge in [0.05, 0.1) is 34.0 Å². The summed E-state index contributed by atoms with van der Waals surface area (Å²) in [5.41, 5.74) is 4.37. The van der Waals surface area contributed by atoms with Crippen molar-refractivity contribution in [1.82, 2.24) is 5.32 Å². The zero-order valence-electron chi connectivity index (χ0n) is 23.8. The molecule has 8 nitrogen and oxygen atoms in total. The number of Topliss-reactive ketones (excluding diaryl/α,β-unsaturated/α-hetero) is 1. The third-order valence-electron chi connectivity index (χ3n) is 8.24. The van der Waals surface area contributed by atoms with Gasteiger partial charge in [-0.3, -0.25) is 4.79 Å². The average molecular weight is 548 g/mol. The minimum Gasteiger partial charge on any atom is -0.493 e. The summed E-state index contributed by atoms with van der Waals surface area (Å²) < 4.78 is 27.9. The highest BCUT2D eigenvalue weighted by Crippen LogP contribution is 2.48. The lowest BCUT2D eigenvalue weighted by molar-refractivity contribution is -0.144. The SMILES string of the molecule is COc1ccc([C@@H]2CC(=O)C3=C(C2)NC(C)=C(C(=O)OC2CCCC2)[C@@H]3c2ccc(OC)c(OC)c2)cc1OC. The number of methoxy groups -OCH3 is 4. The zero-order chi connectivity index (χ0) is 28.4. The fourth-order valence-electron chi connectivity index (χ4n) is 6.24. The molecule has 0 spiro atoms. The molecule has 0 bridgehead atoms. The molecule has 1 aliphatic heterocycles. The first-order valence-electron chi connectivity index (χ1n) is 13.8. The van der Waals surface area contributed by atoms with E-state index in [2.05, 4.69) is 5.32 Å². The number of ketones is 1. The van der Waals surface area contributed by atoms with Crippen LogP contribution in [0.4, 0.5) is 0 Å². The van der Waals surface area contributed by atoms with Gasteiger partial charge in [0.25, 0.3) is 0 Å². The standard InChI is InChI=1S/C32H37NO7/c1-18-29(32(35)40-22-8-6-7-9-22)30(20-11-13-26(37-3)28(17-20)39-5)31-23(33-18)14-21(15-24(31)34)19-10-12-25(36-2)27(16-19)38-4/h10-13,16-17,21-22,30,33H,6-9,14-15H2,1-5H3/t21-,30-/m0/s1. The molecule has 0 radical (unpaired) electrons. The van der Waals surface area contributed by atoms with E-state index >= 15 is 0 Å². The Morgan fingerprint density at radius 3 is 1.98 bits per heavy atom. The normalized spacial score (nSPS) is 21.1. The van der Waals surface area contributed by atoms with Crippen LogP contribution < -0.4 is 24.3 Å². The number of dihydropyridines is 1. The van der Waals surface area contributed by atoms with Gasteiger partial charge in [-0.2, -0.15) is 0 Å². The van der Waals surface area contributed by atoms with Gasteiger partial charge in [-0.05, 0) is 80.3 Å². The number of esters is 1. The van der Waals surface area contributed by atoms with E-state index in [0.717, 1.165) is 42.5 Å². The summed E-state index contributed by atoms with van der Waals surface area (Å²) >= 11 is 0. The van der Waals surface area contributed by atoms with Crippen LogP contribution in [0.1, 0.15) is 68.4 Å². The summed E-state index contributed by atoms with van der Waals surface area (Å²) in [4.78, 5) is 27.7. The highest BCUT2D eigenvalue weighted by Gasteiger charge is 2.42. The van der Waals surface area contributed by atoms with Crippen molar-refractivity contribution in [3.8, 4) is 23.0 Å². The number of carbonyl (C=O) groups is 2. The molecular weight excluding hydrogens is 510 g/mol. The molecule has 0 amide bonds. The van der Waals surface area contributed by atoms with Crippen LogP contribution in [0.2, 0.25) is 0 Å². The number of nitrogens with one attached hydrogen (secondary N) is 1. The predicted molar refractivity (Wildman–Crippen MR) is 150 cm³/mol. The minimum atomic E-state index is -0.580. The summed E-state index contributed by atoms with van der Waals surface area (Å²) in [7, 11) is 6.36. The molecule has 0 aromatic heterocycles. The first-order valence-corrected chi connectivity index (χ1v) is 13.8. The van der Waals surface area contributed by atoms with Gasteiger partial charge in [-0.25, -0.2) is 4.79 Å². The van der Waals surface area contributed by atoms with Gasteiger partial charge in [0.15, 0.2) is 28.8 Å². The molecule has 1 saturated carbocycles. The van der Waals surface area contributed by atoms with Crippen LogP contribution in [-0.4, -0.2) is 46.3 Å². The highest BCUT2D eigenvalue weighted by atomic mass is 16.5. The Bertz CT molecular complexity index is 1370. The molecule has 2 aliphatic carbocycles. The molecule has 2 aromatic carbocycles. The van der Waals surface area contributed by atoms with E-state index in [1.54, 1.807) is 28.4 Å². The Balaban J connectivity index is 1.56. The van der Waals surface area contributed by atoms with E-state index in [9.17, 15) is 9.59 Å². The Morgan fingerprint density at radius 1 is 0.800 bits per heavy atom. The summed E-state index contributed by atoms with van der Waals surface area (Å²) in [6.45, 7) is 1.88. The Kier molecular flexibility index (Phi) is 8.05. The summed E-state index contributed by atoms with van der Waals surface area (Å²) in [5, 5.41) is 3.43. The number of ether oxygens (including phenoxy) is 5. The molecule has 5 rings (SSSR count). The lowest BCUT2D eigenvalue weighted by Crippen LogP contribution is -2.36. The molecule has 0 saturated heterocycles. The number of hydrogen-bond donors (Lipinski definition) is 1. The molecule has 0 unspecified atom stereocenters. The topological polar surface area (TPSA) is 92.3 Å². The fourth-order valence-corrected chi connectivity index (χ4v) is 6.24. The van der Waals surface area contributed by atoms with Gasteiger partial charge >= 0.3 is 5.97 Å². The molecular formula is C32H37NO7. The minimum absolute atomic E-state index is 0.00742. The summed E-state index contributed by atoms with van der Waals surface area (Å²) in [6, 6.07) is 11.3. The van der Waals surface area contributed by atoms with Crippen molar-refractivity contribution in [2.75, 3.05) is 28.4 Å². The summed E-state index contributed by atoms with van der Waals surface area (Å²) in [5.74, 6) is 1.36. The molecule has 40 heavy (non-hydrogen) atoms. The van der Waals surface area contributed by atoms with Crippen molar-refractivity contribution in [2.45, 2.75) is 63.4 Å². The van der Waals surface area contributed by atoms with Gasteiger partial charge in [-0.15, -0.1) is 0 Å². The number of benzene rings is 2. The zero-order valence-corrected chi connectivity index (χ0v) is 23.8. The van der Waals surface area contributed by atoms with E-state index in [-0.39, 0.29) is 23.8 Å². The third kappa shape index (κ3) is 5.15. The Morgan fingerprint density at radius 2 is 1.38 bits per heavy atom. The van der Waals surface area contributed by atoms with E-state index < -0.39 is 5.92 Å². The second kappa shape index (κ2) is 11.7. The number of hydrogen-bond acceptors (Lipinski definition) is 8. The van der Waals surface area contributed by atoms with Crippen molar-refractivity contribution in [2.24, 2.45) is 0 Å². The lowest BCUT2D eigenvalue weighted by atomic mass is 9.71. The smallest absolute Gasteiger partial charge is 0.337 e. The van der Waals surface area contributed by atoms with Crippen molar-refractivity contribution >= 4 is 11.8 Å².